The lowest BCUT2D eigenvalue weighted by Gasteiger charge is -2.22. The highest BCUT2D eigenvalue weighted by molar-refractivity contribution is 8.18. The topological polar surface area (TPSA) is 88.4 Å². The molecule has 0 aromatic heterocycles. The van der Waals surface area contributed by atoms with Gasteiger partial charge in [0.1, 0.15) is 6.61 Å². The third-order valence-corrected chi connectivity index (χ3v) is 8.52. The molecule has 212 valence electrons. The Bertz CT molecular complexity index is 1460. The van der Waals surface area contributed by atoms with Crippen LogP contribution in [-0.2, 0) is 22.6 Å². The van der Waals surface area contributed by atoms with E-state index in [1.807, 2.05) is 24.3 Å². The summed E-state index contributed by atoms with van der Waals surface area (Å²) in [6.45, 7) is 0.442. The van der Waals surface area contributed by atoms with Crippen molar-refractivity contribution in [1.29, 1.82) is 0 Å². The van der Waals surface area contributed by atoms with E-state index in [0.29, 0.717) is 45.3 Å². The number of likely N-dealkylation sites (N-methyl/N-ethyl adjacent to an activating group) is 1. The SMILES string of the molecule is COc1cc(/C=C2/SC(=Nc3ccc(CC(=O)O)cc3)N(C)C2=O)ccc1OCc1ccc(C2CCCCC2)cc1. The number of carboxylic acid groups (broad SMARTS) is 1. The highest BCUT2D eigenvalue weighted by Crippen LogP contribution is 2.36. The molecule has 0 radical (unpaired) electrons. The number of hydrogen-bond donors (Lipinski definition) is 1. The number of methoxy groups -OCH3 is 1. The van der Waals surface area contributed by atoms with Crippen LogP contribution in [0.4, 0.5) is 5.69 Å². The molecule has 2 fully saturated rings. The maximum Gasteiger partial charge on any atom is 0.307 e. The van der Waals surface area contributed by atoms with Gasteiger partial charge in [-0.15, -0.1) is 0 Å². The number of ether oxygens (including phenoxy) is 2. The van der Waals surface area contributed by atoms with Crippen molar-refractivity contribution in [1.82, 2.24) is 4.90 Å². The van der Waals surface area contributed by atoms with Gasteiger partial charge in [0.05, 0.1) is 24.1 Å². The highest BCUT2D eigenvalue weighted by atomic mass is 32.2. The number of rotatable bonds is 9. The van der Waals surface area contributed by atoms with Gasteiger partial charge in [0.2, 0.25) is 0 Å². The van der Waals surface area contributed by atoms with E-state index in [1.54, 1.807) is 38.4 Å². The molecule has 1 saturated heterocycles. The number of carboxylic acids is 1. The van der Waals surface area contributed by atoms with Crippen molar-refractivity contribution < 1.29 is 24.2 Å². The Labute approximate surface area is 244 Å². The maximum atomic E-state index is 12.9. The van der Waals surface area contributed by atoms with Crippen molar-refractivity contribution in [3.05, 3.63) is 93.9 Å². The first-order chi connectivity index (χ1) is 19.9. The van der Waals surface area contributed by atoms with Gasteiger partial charge in [-0.2, -0.15) is 0 Å². The molecule has 5 rings (SSSR count). The van der Waals surface area contributed by atoms with E-state index in [4.69, 9.17) is 14.6 Å². The summed E-state index contributed by atoms with van der Waals surface area (Å²) in [5, 5.41) is 9.50. The van der Waals surface area contributed by atoms with Gasteiger partial charge in [-0.25, -0.2) is 4.99 Å². The molecule has 1 saturated carbocycles. The maximum absolute atomic E-state index is 12.9. The summed E-state index contributed by atoms with van der Waals surface area (Å²) in [5.41, 5.74) is 4.69. The third kappa shape index (κ3) is 7.19. The summed E-state index contributed by atoms with van der Waals surface area (Å²) in [4.78, 5) is 30.5. The van der Waals surface area contributed by atoms with Crippen LogP contribution in [0.3, 0.4) is 0 Å². The van der Waals surface area contributed by atoms with Gasteiger partial charge in [-0.3, -0.25) is 14.5 Å². The second-order valence-corrected chi connectivity index (χ2v) is 11.4. The zero-order valence-corrected chi connectivity index (χ0v) is 24.2. The molecule has 7 nitrogen and oxygen atoms in total. The van der Waals surface area contributed by atoms with Crippen molar-refractivity contribution in [3.63, 3.8) is 0 Å². The van der Waals surface area contributed by atoms with Crippen molar-refractivity contribution in [2.75, 3.05) is 14.2 Å². The van der Waals surface area contributed by atoms with Crippen LogP contribution in [0.5, 0.6) is 11.5 Å². The normalized spacial score (nSPS) is 17.8. The molecule has 1 amide bonds. The number of hydrogen-bond acceptors (Lipinski definition) is 6. The minimum Gasteiger partial charge on any atom is -0.493 e. The van der Waals surface area contributed by atoms with Gasteiger partial charge in [-0.05, 0) is 83.1 Å². The minimum absolute atomic E-state index is 0.0440. The Morgan fingerprint density at radius 2 is 1.71 bits per heavy atom. The molecule has 41 heavy (non-hydrogen) atoms. The Morgan fingerprint density at radius 1 is 1.00 bits per heavy atom. The van der Waals surface area contributed by atoms with E-state index in [9.17, 15) is 9.59 Å². The summed E-state index contributed by atoms with van der Waals surface area (Å²) >= 11 is 1.29. The van der Waals surface area contributed by atoms with Crippen LogP contribution in [0, 0.1) is 0 Å². The molecule has 0 bridgehead atoms. The van der Waals surface area contributed by atoms with Crippen molar-refractivity contribution in [2.45, 2.75) is 51.0 Å². The summed E-state index contributed by atoms with van der Waals surface area (Å²) < 4.78 is 11.7. The van der Waals surface area contributed by atoms with E-state index in [2.05, 4.69) is 29.3 Å². The summed E-state index contributed by atoms with van der Waals surface area (Å²) in [5.74, 6) is 0.891. The van der Waals surface area contributed by atoms with Crippen LogP contribution in [0.1, 0.15) is 60.3 Å². The molecule has 0 atom stereocenters. The molecule has 3 aromatic rings. The average Bonchev–Trinajstić information content (AvgIpc) is 3.25. The largest absolute Gasteiger partial charge is 0.493 e. The summed E-state index contributed by atoms with van der Waals surface area (Å²) in [6, 6.07) is 21.4. The lowest BCUT2D eigenvalue weighted by atomic mass is 9.84. The van der Waals surface area contributed by atoms with Gasteiger partial charge >= 0.3 is 5.97 Å². The second-order valence-electron chi connectivity index (χ2n) is 10.4. The van der Waals surface area contributed by atoms with Crippen molar-refractivity contribution in [2.24, 2.45) is 4.99 Å². The molecule has 1 aliphatic heterocycles. The molecule has 1 heterocycles. The Hall–Kier alpha value is -4.04. The van der Waals surface area contributed by atoms with Gasteiger partial charge < -0.3 is 14.6 Å². The van der Waals surface area contributed by atoms with Gasteiger partial charge in [0, 0.05) is 7.05 Å². The second kappa shape index (κ2) is 13.1. The number of carbonyl (C=O) groups is 2. The monoisotopic (exact) mass is 570 g/mol. The van der Waals surface area contributed by atoms with E-state index < -0.39 is 5.97 Å². The summed E-state index contributed by atoms with van der Waals surface area (Å²) in [7, 11) is 3.29. The number of thioether (sulfide) groups is 1. The highest BCUT2D eigenvalue weighted by Gasteiger charge is 2.30. The minimum atomic E-state index is -0.883. The van der Waals surface area contributed by atoms with E-state index in [-0.39, 0.29) is 12.3 Å². The number of benzene rings is 3. The number of aliphatic carboxylic acids is 1. The third-order valence-electron chi connectivity index (χ3n) is 7.46. The molecule has 1 N–H and O–H groups in total. The zero-order valence-electron chi connectivity index (χ0n) is 23.3. The number of aliphatic imine (C=N–C) groups is 1. The lowest BCUT2D eigenvalue weighted by Crippen LogP contribution is -2.23. The fourth-order valence-electron chi connectivity index (χ4n) is 5.15. The Morgan fingerprint density at radius 3 is 2.39 bits per heavy atom. The molecule has 0 spiro atoms. The fourth-order valence-corrected chi connectivity index (χ4v) is 6.14. The molecule has 8 heteroatoms. The zero-order chi connectivity index (χ0) is 28.8. The fraction of sp³-hybridized carbons (Fsp3) is 0.303. The number of amidine groups is 1. The number of nitrogens with zero attached hydrogens (tertiary/aromatic N) is 2. The van der Waals surface area contributed by atoms with E-state index in [1.165, 1.54) is 54.3 Å². The number of carbonyl (C=O) groups excluding carboxylic acids is 1. The van der Waals surface area contributed by atoms with Crippen molar-refractivity contribution >= 4 is 40.6 Å². The average molecular weight is 571 g/mol. The first kappa shape index (κ1) is 28.5. The molecular weight excluding hydrogens is 536 g/mol. The van der Waals surface area contributed by atoms with E-state index >= 15 is 0 Å². The van der Waals surface area contributed by atoms with Gasteiger partial charge in [0.15, 0.2) is 16.7 Å². The molecular formula is C33H34N2O5S. The molecule has 0 unspecified atom stereocenters. The Kier molecular flexibility index (Phi) is 9.09. The lowest BCUT2D eigenvalue weighted by molar-refractivity contribution is -0.136. The molecule has 1 aliphatic carbocycles. The molecule has 3 aromatic carbocycles. The smallest absolute Gasteiger partial charge is 0.307 e. The van der Waals surface area contributed by atoms with Crippen LogP contribution in [-0.4, -0.2) is 41.2 Å². The van der Waals surface area contributed by atoms with Crippen molar-refractivity contribution in [3.8, 4) is 11.5 Å². The standard InChI is InChI=1S/C33H34N2O5S/c1-35-32(38)30(41-33(35)34-27-15-10-22(11-16-27)20-31(36)37)19-24-12-17-28(29(18-24)39-2)40-21-23-8-13-26(14-9-23)25-6-4-3-5-7-25/h8-19,25H,3-7,20-21H2,1-2H3,(H,36,37)/b30-19+,34-33?. The van der Waals surface area contributed by atoms with Gasteiger partial charge in [0.25, 0.3) is 5.91 Å². The van der Waals surface area contributed by atoms with E-state index in [0.717, 1.165) is 11.1 Å². The van der Waals surface area contributed by atoms with Crippen LogP contribution in [0.25, 0.3) is 6.08 Å². The first-order valence-electron chi connectivity index (χ1n) is 13.9. The first-order valence-corrected chi connectivity index (χ1v) is 14.7. The quantitative estimate of drug-likeness (QED) is 0.274. The van der Waals surface area contributed by atoms with Gasteiger partial charge in [-0.1, -0.05) is 61.7 Å². The Balaban J connectivity index is 1.24. The predicted octanol–water partition coefficient (Wildman–Crippen LogP) is 7.18. The summed E-state index contributed by atoms with van der Waals surface area (Å²) in [6.07, 6.45) is 8.35. The van der Waals surface area contributed by atoms with Crippen LogP contribution in [0.15, 0.2) is 76.6 Å². The predicted molar refractivity (Wildman–Crippen MR) is 163 cm³/mol. The molecule has 2 aliphatic rings. The van der Waals surface area contributed by atoms with Crippen LogP contribution < -0.4 is 9.47 Å². The van der Waals surface area contributed by atoms with Crippen LogP contribution in [0.2, 0.25) is 0 Å². The van der Waals surface area contributed by atoms with Crippen LogP contribution >= 0.6 is 11.8 Å². The number of amides is 1.